The van der Waals surface area contributed by atoms with Crippen molar-refractivity contribution in [3.05, 3.63) is 22.4 Å². The van der Waals surface area contributed by atoms with E-state index in [-0.39, 0.29) is 0 Å². The molecule has 0 radical (unpaired) electrons. The fraction of sp³-hybridized carbons (Fsp3) is 0.444. The molecule has 0 saturated heterocycles. The molecule has 1 rings (SSSR count). The van der Waals surface area contributed by atoms with Crippen molar-refractivity contribution in [2.24, 2.45) is 0 Å². The first-order valence-corrected chi connectivity index (χ1v) is 4.79. The number of rotatable bonds is 4. The largest absolute Gasteiger partial charge is 0.293 e. The first kappa shape index (κ1) is 9.24. The zero-order valence-electron chi connectivity index (χ0n) is 7.16. The van der Waals surface area contributed by atoms with Crippen molar-refractivity contribution in [1.82, 2.24) is 4.90 Å². The van der Waals surface area contributed by atoms with Gasteiger partial charge in [-0.1, -0.05) is 6.07 Å². The summed E-state index contributed by atoms with van der Waals surface area (Å²) < 4.78 is 0. The quantitative estimate of drug-likeness (QED) is 0.660. The van der Waals surface area contributed by atoms with E-state index in [1.165, 1.54) is 4.88 Å². The lowest BCUT2D eigenvalue weighted by Crippen LogP contribution is -2.20. The fourth-order valence-corrected chi connectivity index (χ4v) is 1.65. The van der Waals surface area contributed by atoms with Crippen molar-refractivity contribution in [3.8, 4) is 6.07 Å². The molecule has 0 N–H and O–H groups in total. The maximum Gasteiger partial charge on any atom is 0.0863 e. The Morgan fingerprint density at radius 1 is 1.67 bits per heavy atom. The van der Waals surface area contributed by atoms with Gasteiger partial charge in [0.25, 0.3) is 0 Å². The van der Waals surface area contributed by atoms with Gasteiger partial charge in [0.05, 0.1) is 12.6 Å². The number of thiophene rings is 1. The highest BCUT2D eigenvalue weighted by Gasteiger charge is 1.98. The molecule has 0 bridgehead atoms. The van der Waals surface area contributed by atoms with E-state index in [9.17, 15) is 0 Å². The molecule has 0 aromatic carbocycles. The van der Waals surface area contributed by atoms with Gasteiger partial charge in [-0.05, 0) is 24.9 Å². The first-order chi connectivity index (χ1) is 5.83. The highest BCUT2D eigenvalue weighted by molar-refractivity contribution is 7.09. The molecule has 1 aromatic rings. The van der Waals surface area contributed by atoms with Crippen molar-refractivity contribution < 1.29 is 0 Å². The molecule has 0 spiro atoms. The van der Waals surface area contributed by atoms with Crippen LogP contribution in [0.15, 0.2) is 17.5 Å². The molecule has 64 valence electrons. The predicted molar refractivity (Wildman–Crippen MR) is 51.1 cm³/mol. The standard InChI is InChI=1S/C9H12N2S/c1-11(7-5-10)6-4-9-3-2-8-12-9/h2-3,8H,4,6-7H2,1H3. The molecule has 1 heterocycles. The molecule has 0 unspecified atom stereocenters. The second-order valence-corrected chi connectivity index (χ2v) is 3.76. The maximum atomic E-state index is 8.40. The minimum absolute atomic E-state index is 0.519. The Labute approximate surface area is 77.0 Å². The van der Waals surface area contributed by atoms with Crippen LogP contribution in [-0.2, 0) is 6.42 Å². The molecule has 0 fully saturated rings. The average Bonchev–Trinajstić information content (AvgIpc) is 2.53. The Bertz CT molecular complexity index is 248. The zero-order valence-corrected chi connectivity index (χ0v) is 7.97. The monoisotopic (exact) mass is 180 g/mol. The molecule has 1 aromatic heterocycles. The van der Waals surface area contributed by atoms with Crippen molar-refractivity contribution >= 4 is 11.3 Å². The Morgan fingerprint density at radius 3 is 3.08 bits per heavy atom. The van der Waals surface area contributed by atoms with Gasteiger partial charge in [-0.15, -0.1) is 11.3 Å². The molecular weight excluding hydrogens is 168 g/mol. The number of nitriles is 1. The van der Waals surface area contributed by atoms with E-state index in [0.717, 1.165) is 13.0 Å². The van der Waals surface area contributed by atoms with Crippen molar-refractivity contribution in [2.45, 2.75) is 6.42 Å². The molecule has 0 aliphatic rings. The molecule has 0 amide bonds. The van der Waals surface area contributed by atoms with Crippen molar-refractivity contribution in [1.29, 1.82) is 5.26 Å². The van der Waals surface area contributed by atoms with Crippen LogP contribution in [0.3, 0.4) is 0 Å². The van der Waals surface area contributed by atoms with Crippen LogP contribution >= 0.6 is 11.3 Å². The highest BCUT2D eigenvalue weighted by Crippen LogP contribution is 2.08. The average molecular weight is 180 g/mol. The van der Waals surface area contributed by atoms with Gasteiger partial charge in [0.15, 0.2) is 0 Å². The molecule has 12 heavy (non-hydrogen) atoms. The predicted octanol–water partition coefficient (Wildman–Crippen LogP) is 1.75. The minimum atomic E-state index is 0.519. The van der Waals surface area contributed by atoms with Crippen LogP contribution in [0.25, 0.3) is 0 Å². The van der Waals surface area contributed by atoms with E-state index in [1.807, 2.05) is 11.9 Å². The van der Waals surface area contributed by atoms with Crippen molar-refractivity contribution in [2.75, 3.05) is 20.1 Å². The summed E-state index contributed by atoms with van der Waals surface area (Å²) in [5, 5.41) is 10.5. The van der Waals surface area contributed by atoms with Crippen LogP contribution in [0.4, 0.5) is 0 Å². The lowest BCUT2D eigenvalue weighted by molar-refractivity contribution is 0.380. The van der Waals surface area contributed by atoms with E-state index in [0.29, 0.717) is 6.54 Å². The number of likely N-dealkylation sites (N-methyl/N-ethyl adjacent to an activating group) is 1. The molecular formula is C9H12N2S. The Balaban J connectivity index is 2.23. The van der Waals surface area contributed by atoms with Crippen LogP contribution in [0, 0.1) is 11.3 Å². The lowest BCUT2D eigenvalue weighted by Gasteiger charge is -2.10. The van der Waals surface area contributed by atoms with E-state index in [2.05, 4.69) is 23.6 Å². The van der Waals surface area contributed by atoms with Gasteiger partial charge in [-0.2, -0.15) is 5.26 Å². The summed E-state index contributed by atoms with van der Waals surface area (Å²) in [6.45, 7) is 1.49. The van der Waals surface area contributed by atoms with Gasteiger partial charge in [0.2, 0.25) is 0 Å². The summed E-state index contributed by atoms with van der Waals surface area (Å²) in [6.07, 6.45) is 1.05. The maximum absolute atomic E-state index is 8.40. The van der Waals surface area contributed by atoms with Crippen LogP contribution in [0.2, 0.25) is 0 Å². The van der Waals surface area contributed by atoms with Crippen LogP contribution in [0.5, 0.6) is 0 Å². The fourth-order valence-electron chi connectivity index (χ4n) is 0.956. The lowest BCUT2D eigenvalue weighted by atomic mass is 10.3. The van der Waals surface area contributed by atoms with Crippen LogP contribution < -0.4 is 0 Å². The van der Waals surface area contributed by atoms with E-state index < -0.39 is 0 Å². The third-order valence-corrected chi connectivity index (χ3v) is 2.60. The third kappa shape index (κ3) is 3.04. The summed E-state index contributed by atoms with van der Waals surface area (Å²) in [4.78, 5) is 3.42. The second kappa shape index (κ2) is 4.91. The molecule has 0 aliphatic carbocycles. The molecule has 3 heteroatoms. The smallest absolute Gasteiger partial charge is 0.0863 e. The number of nitrogens with zero attached hydrogens (tertiary/aromatic N) is 2. The third-order valence-electron chi connectivity index (χ3n) is 1.66. The SMILES string of the molecule is CN(CC#N)CCc1cccs1. The topological polar surface area (TPSA) is 27.0 Å². The second-order valence-electron chi connectivity index (χ2n) is 2.73. The summed E-state index contributed by atoms with van der Waals surface area (Å²) in [5.41, 5.74) is 0. The summed E-state index contributed by atoms with van der Waals surface area (Å²) in [5.74, 6) is 0. The minimum Gasteiger partial charge on any atom is -0.293 e. The summed E-state index contributed by atoms with van der Waals surface area (Å²) in [7, 11) is 1.97. The summed E-state index contributed by atoms with van der Waals surface area (Å²) >= 11 is 1.77. The zero-order chi connectivity index (χ0) is 8.81. The molecule has 0 aliphatic heterocycles. The van der Waals surface area contributed by atoms with Crippen LogP contribution in [-0.4, -0.2) is 25.0 Å². The Morgan fingerprint density at radius 2 is 2.50 bits per heavy atom. The van der Waals surface area contributed by atoms with Gasteiger partial charge in [0, 0.05) is 11.4 Å². The summed E-state index contributed by atoms with van der Waals surface area (Å²) in [6, 6.07) is 6.32. The van der Waals surface area contributed by atoms with Gasteiger partial charge in [-0.3, -0.25) is 4.90 Å². The molecule has 0 saturated carbocycles. The highest BCUT2D eigenvalue weighted by atomic mass is 32.1. The molecule has 2 nitrogen and oxygen atoms in total. The normalized spacial score (nSPS) is 10.1. The van der Waals surface area contributed by atoms with E-state index >= 15 is 0 Å². The van der Waals surface area contributed by atoms with E-state index in [1.54, 1.807) is 11.3 Å². The van der Waals surface area contributed by atoms with Gasteiger partial charge < -0.3 is 0 Å². The Hall–Kier alpha value is -0.850. The van der Waals surface area contributed by atoms with Gasteiger partial charge in [-0.25, -0.2) is 0 Å². The number of hydrogen-bond acceptors (Lipinski definition) is 3. The van der Waals surface area contributed by atoms with Crippen LogP contribution in [0.1, 0.15) is 4.88 Å². The first-order valence-electron chi connectivity index (χ1n) is 3.91. The van der Waals surface area contributed by atoms with Crippen molar-refractivity contribution in [3.63, 3.8) is 0 Å². The Kier molecular flexibility index (Phi) is 3.78. The van der Waals surface area contributed by atoms with Gasteiger partial charge in [0.1, 0.15) is 0 Å². The van der Waals surface area contributed by atoms with Gasteiger partial charge >= 0.3 is 0 Å². The number of hydrogen-bond donors (Lipinski definition) is 0. The van der Waals surface area contributed by atoms with E-state index in [4.69, 9.17) is 5.26 Å². The molecule has 0 atom stereocenters.